The molecule has 1 rings (SSSR count). The van der Waals surface area contributed by atoms with Crippen LogP contribution < -0.4 is 0 Å². The van der Waals surface area contributed by atoms with Gasteiger partial charge in [0.15, 0.2) is 0 Å². The first kappa shape index (κ1) is 19.2. The van der Waals surface area contributed by atoms with Gasteiger partial charge in [0.1, 0.15) is 11.7 Å². The third kappa shape index (κ3) is 5.76. The zero-order valence-electron chi connectivity index (χ0n) is 15.1. The van der Waals surface area contributed by atoms with E-state index in [9.17, 15) is 4.79 Å². The van der Waals surface area contributed by atoms with Gasteiger partial charge in [0.25, 0.3) is 0 Å². The minimum absolute atomic E-state index is 0.260. The van der Waals surface area contributed by atoms with Gasteiger partial charge in [0.2, 0.25) is 6.29 Å². The average Bonchev–Trinajstić information content (AvgIpc) is 3.20. The molecule has 0 bridgehead atoms. The smallest absolute Gasteiger partial charge is 0.430 e. The fourth-order valence-electron chi connectivity index (χ4n) is 2.68. The van der Waals surface area contributed by atoms with Crippen LogP contribution in [-0.4, -0.2) is 24.2 Å². The first-order valence-corrected chi connectivity index (χ1v) is 8.33. The van der Waals surface area contributed by atoms with Crippen LogP contribution in [0.15, 0.2) is 0 Å². The number of carbonyl (C=O) groups is 1. The molecule has 1 aliphatic rings. The van der Waals surface area contributed by atoms with Gasteiger partial charge in [-0.1, -0.05) is 40.5 Å². The van der Waals surface area contributed by atoms with Crippen LogP contribution in [0.3, 0.4) is 0 Å². The molecular formula is C17H32O5. The molecular weight excluding hydrogens is 284 g/mol. The topological polar surface area (TPSA) is 60.6 Å². The molecule has 1 aliphatic heterocycles. The van der Waals surface area contributed by atoms with E-state index in [1.807, 2.05) is 34.6 Å². The summed E-state index contributed by atoms with van der Waals surface area (Å²) in [6.07, 6.45) is 2.92. The molecule has 0 aromatic rings. The van der Waals surface area contributed by atoms with Crippen molar-refractivity contribution >= 4 is 6.16 Å². The number of ether oxygens (including phenoxy) is 2. The van der Waals surface area contributed by atoms with Crippen LogP contribution >= 0.6 is 0 Å². The molecule has 0 N–H and O–H groups in total. The highest BCUT2D eigenvalue weighted by molar-refractivity contribution is 5.60. The van der Waals surface area contributed by atoms with Crippen molar-refractivity contribution in [1.29, 1.82) is 0 Å². The lowest BCUT2D eigenvalue weighted by molar-refractivity contribution is -0.0839. The van der Waals surface area contributed by atoms with E-state index in [1.54, 1.807) is 0 Å². The Bertz CT molecular complexity index is 355. The summed E-state index contributed by atoms with van der Waals surface area (Å²) in [6, 6.07) is 0. The van der Waals surface area contributed by atoms with E-state index in [-0.39, 0.29) is 18.3 Å². The molecule has 2 atom stereocenters. The molecule has 5 heteroatoms. The van der Waals surface area contributed by atoms with E-state index >= 15 is 0 Å². The fourth-order valence-corrected chi connectivity index (χ4v) is 2.68. The highest BCUT2D eigenvalue weighted by atomic mass is 17.4. The molecule has 1 fully saturated rings. The maximum absolute atomic E-state index is 12.1. The van der Waals surface area contributed by atoms with Crippen LogP contribution in [0.2, 0.25) is 0 Å². The SMILES string of the molecule is CCCCC(CC)C(OC(=O)OC(C)(C)C)C(C)(C)C1OO1. The molecule has 1 saturated heterocycles. The number of rotatable bonds is 8. The highest BCUT2D eigenvalue weighted by Crippen LogP contribution is 2.43. The van der Waals surface area contributed by atoms with Gasteiger partial charge in [-0.25, -0.2) is 4.79 Å². The fraction of sp³-hybridized carbons (Fsp3) is 0.941. The van der Waals surface area contributed by atoms with Gasteiger partial charge in [0.05, 0.1) is 5.41 Å². The molecule has 22 heavy (non-hydrogen) atoms. The lowest BCUT2D eigenvalue weighted by atomic mass is 9.76. The first-order valence-electron chi connectivity index (χ1n) is 8.33. The molecule has 0 saturated carbocycles. The lowest BCUT2D eigenvalue weighted by Gasteiger charge is -2.36. The number of hydrogen-bond donors (Lipinski definition) is 0. The van der Waals surface area contributed by atoms with Gasteiger partial charge < -0.3 is 9.47 Å². The van der Waals surface area contributed by atoms with Gasteiger partial charge in [-0.3, -0.25) is 0 Å². The second-order valence-electron chi connectivity index (χ2n) is 7.66. The molecule has 0 aromatic carbocycles. The second-order valence-corrected chi connectivity index (χ2v) is 7.66. The molecule has 0 aromatic heterocycles. The summed E-state index contributed by atoms with van der Waals surface area (Å²) >= 11 is 0. The Kier molecular flexibility index (Phi) is 6.68. The quantitative estimate of drug-likeness (QED) is 0.364. The Morgan fingerprint density at radius 3 is 2.14 bits per heavy atom. The Morgan fingerprint density at radius 2 is 1.73 bits per heavy atom. The summed E-state index contributed by atoms with van der Waals surface area (Å²) in [5.74, 6) is 0.260. The molecule has 5 nitrogen and oxygen atoms in total. The zero-order chi connectivity index (χ0) is 17.0. The summed E-state index contributed by atoms with van der Waals surface area (Å²) in [5.41, 5.74) is -0.977. The third-order valence-electron chi connectivity index (χ3n) is 4.03. The zero-order valence-corrected chi connectivity index (χ0v) is 15.1. The normalized spacial score (nSPS) is 18.7. The predicted molar refractivity (Wildman–Crippen MR) is 84.2 cm³/mol. The van der Waals surface area contributed by atoms with E-state index in [2.05, 4.69) is 13.8 Å². The van der Waals surface area contributed by atoms with E-state index in [0.717, 1.165) is 25.7 Å². The summed E-state index contributed by atoms with van der Waals surface area (Å²) in [4.78, 5) is 22.1. The maximum atomic E-state index is 12.1. The molecule has 1 heterocycles. The predicted octanol–water partition coefficient (Wildman–Crippen LogP) is 4.84. The average molecular weight is 316 g/mol. The van der Waals surface area contributed by atoms with Crippen LogP contribution in [0, 0.1) is 11.3 Å². The molecule has 0 spiro atoms. The van der Waals surface area contributed by atoms with Crippen molar-refractivity contribution in [3.63, 3.8) is 0 Å². The van der Waals surface area contributed by atoms with Crippen LogP contribution in [0.1, 0.15) is 74.1 Å². The van der Waals surface area contributed by atoms with Crippen LogP contribution in [0.5, 0.6) is 0 Å². The van der Waals surface area contributed by atoms with Gasteiger partial charge in [-0.15, -0.1) is 0 Å². The van der Waals surface area contributed by atoms with E-state index in [1.165, 1.54) is 0 Å². The monoisotopic (exact) mass is 316 g/mol. The van der Waals surface area contributed by atoms with Crippen molar-refractivity contribution in [2.75, 3.05) is 0 Å². The molecule has 0 aliphatic carbocycles. The largest absolute Gasteiger partial charge is 0.509 e. The Balaban J connectivity index is 2.83. The van der Waals surface area contributed by atoms with E-state index in [4.69, 9.17) is 19.2 Å². The number of carbonyl (C=O) groups excluding carboxylic acids is 1. The lowest BCUT2D eigenvalue weighted by Crippen LogP contribution is -2.44. The summed E-state index contributed by atoms with van der Waals surface area (Å²) in [6.45, 7) is 13.8. The molecule has 2 unspecified atom stereocenters. The first-order chi connectivity index (χ1) is 10.1. The minimum Gasteiger partial charge on any atom is -0.430 e. The summed E-state index contributed by atoms with van der Waals surface area (Å²) in [5, 5.41) is 0. The van der Waals surface area contributed by atoms with Crippen molar-refractivity contribution in [1.82, 2.24) is 0 Å². The number of unbranched alkanes of at least 4 members (excludes halogenated alkanes) is 1. The van der Waals surface area contributed by atoms with Crippen LogP contribution in [0.4, 0.5) is 4.79 Å². The summed E-state index contributed by atoms with van der Waals surface area (Å²) in [7, 11) is 0. The van der Waals surface area contributed by atoms with Crippen LogP contribution in [0.25, 0.3) is 0 Å². The third-order valence-corrected chi connectivity index (χ3v) is 4.03. The second kappa shape index (κ2) is 7.64. The van der Waals surface area contributed by atoms with E-state index in [0.29, 0.717) is 0 Å². The van der Waals surface area contributed by atoms with E-state index < -0.39 is 17.2 Å². The highest BCUT2D eigenvalue weighted by Gasteiger charge is 2.52. The molecule has 130 valence electrons. The summed E-state index contributed by atoms with van der Waals surface area (Å²) < 4.78 is 11.0. The van der Waals surface area contributed by atoms with Gasteiger partial charge in [-0.05, 0) is 39.5 Å². The van der Waals surface area contributed by atoms with Crippen molar-refractivity contribution in [2.45, 2.75) is 92.1 Å². The van der Waals surface area contributed by atoms with Crippen molar-refractivity contribution < 1.29 is 24.0 Å². The van der Waals surface area contributed by atoms with Crippen molar-refractivity contribution in [3.05, 3.63) is 0 Å². The van der Waals surface area contributed by atoms with Crippen LogP contribution in [-0.2, 0) is 19.2 Å². The Hall–Kier alpha value is -0.810. The maximum Gasteiger partial charge on any atom is 0.509 e. The molecule has 0 radical (unpaired) electrons. The number of hydrogen-bond acceptors (Lipinski definition) is 5. The van der Waals surface area contributed by atoms with Crippen molar-refractivity contribution in [3.8, 4) is 0 Å². The Labute approximate surface area is 134 Å². The standard InChI is InChI=1S/C17H32O5/c1-8-10-11-12(9-2)13(17(6,7)14-21-22-14)19-15(18)20-16(3,4)5/h12-14H,8-11H2,1-7H3. The van der Waals surface area contributed by atoms with Gasteiger partial charge >= 0.3 is 6.16 Å². The molecule has 0 amide bonds. The van der Waals surface area contributed by atoms with Gasteiger partial charge in [-0.2, -0.15) is 9.78 Å². The van der Waals surface area contributed by atoms with Crippen molar-refractivity contribution in [2.24, 2.45) is 11.3 Å². The Morgan fingerprint density at radius 1 is 1.14 bits per heavy atom. The van der Waals surface area contributed by atoms with Gasteiger partial charge in [0, 0.05) is 0 Å². The minimum atomic E-state index is -0.624.